The van der Waals surface area contributed by atoms with E-state index in [1.807, 2.05) is 19.1 Å². The highest BCUT2D eigenvalue weighted by atomic mass is 16.7. The number of aromatic nitrogens is 1. The van der Waals surface area contributed by atoms with Crippen LogP contribution in [0.3, 0.4) is 0 Å². The molecule has 0 spiro atoms. The molecule has 0 saturated heterocycles. The van der Waals surface area contributed by atoms with Crippen LogP contribution in [0.25, 0.3) is 0 Å². The van der Waals surface area contributed by atoms with Gasteiger partial charge in [-0.25, -0.2) is 10.0 Å². The zero-order valence-electron chi connectivity index (χ0n) is 7.53. The minimum Gasteiger partial charge on any atom is -0.397 e. The van der Waals surface area contributed by atoms with Crippen molar-refractivity contribution in [2.24, 2.45) is 0 Å². The average molecular weight is 167 g/mol. The van der Waals surface area contributed by atoms with Crippen molar-refractivity contribution in [2.45, 2.75) is 6.92 Å². The predicted molar refractivity (Wildman–Crippen MR) is 48.8 cm³/mol. The molecule has 1 rings (SSSR count). The van der Waals surface area contributed by atoms with Crippen LogP contribution in [0, 0.1) is 6.92 Å². The predicted octanol–water partition coefficient (Wildman–Crippen LogP) is 0.970. The van der Waals surface area contributed by atoms with Crippen molar-refractivity contribution in [2.75, 3.05) is 25.0 Å². The second-order valence-corrected chi connectivity index (χ2v) is 2.52. The lowest BCUT2D eigenvalue weighted by Gasteiger charge is -2.15. The number of nitrogens with zero attached hydrogens (tertiary/aromatic N) is 2. The molecule has 1 heterocycles. The molecule has 1 aromatic rings. The molecule has 0 radical (unpaired) electrons. The third-order valence-electron chi connectivity index (χ3n) is 1.71. The smallest absolute Gasteiger partial charge is 0.152 e. The number of anilines is 2. The van der Waals surface area contributed by atoms with Crippen molar-refractivity contribution >= 4 is 11.5 Å². The van der Waals surface area contributed by atoms with Gasteiger partial charge in [0, 0.05) is 7.05 Å². The summed E-state index contributed by atoms with van der Waals surface area (Å²) in [7, 11) is 3.38. The minimum atomic E-state index is 0.697. The Labute approximate surface area is 71.9 Å². The highest BCUT2D eigenvalue weighted by Crippen LogP contribution is 2.14. The molecule has 0 atom stereocenters. The summed E-state index contributed by atoms with van der Waals surface area (Å²) >= 11 is 0. The standard InChI is InChI=1S/C8H13N3O/c1-6-7(9)4-5-8(10-6)11(2)12-3/h4-5H,9H2,1-3H3. The van der Waals surface area contributed by atoms with Crippen molar-refractivity contribution in [3.05, 3.63) is 17.8 Å². The molecule has 4 heteroatoms. The number of nitrogens with two attached hydrogens (primary N) is 1. The van der Waals surface area contributed by atoms with Gasteiger partial charge in [-0.2, -0.15) is 0 Å². The normalized spacial score (nSPS) is 9.92. The third-order valence-corrected chi connectivity index (χ3v) is 1.71. The maximum absolute atomic E-state index is 5.61. The van der Waals surface area contributed by atoms with Crippen LogP contribution in [0.15, 0.2) is 12.1 Å². The Morgan fingerprint density at radius 3 is 2.67 bits per heavy atom. The molecule has 0 unspecified atom stereocenters. The first-order valence-corrected chi connectivity index (χ1v) is 3.66. The Morgan fingerprint density at radius 1 is 1.50 bits per heavy atom. The van der Waals surface area contributed by atoms with Gasteiger partial charge in [0.05, 0.1) is 18.5 Å². The van der Waals surface area contributed by atoms with E-state index in [1.54, 1.807) is 19.2 Å². The second kappa shape index (κ2) is 3.40. The Balaban J connectivity index is 2.96. The van der Waals surface area contributed by atoms with Crippen molar-refractivity contribution in [1.82, 2.24) is 4.98 Å². The zero-order chi connectivity index (χ0) is 9.14. The van der Waals surface area contributed by atoms with Crippen LogP contribution in [0.2, 0.25) is 0 Å². The number of pyridine rings is 1. The third kappa shape index (κ3) is 1.65. The fraction of sp³-hybridized carbons (Fsp3) is 0.375. The number of hydrogen-bond acceptors (Lipinski definition) is 4. The summed E-state index contributed by atoms with van der Waals surface area (Å²) < 4.78 is 0. The molecule has 0 aromatic carbocycles. The van der Waals surface area contributed by atoms with Crippen molar-refractivity contribution < 1.29 is 4.84 Å². The van der Waals surface area contributed by atoms with Crippen molar-refractivity contribution in [1.29, 1.82) is 0 Å². The van der Waals surface area contributed by atoms with E-state index in [0.717, 1.165) is 11.5 Å². The van der Waals surface area contributed by atoms with E-state index in [0.29, 0.717) is 5.69 Å². The molecule has 2 N–H and O–H groups in total. The van der Waals surface area contributed by atoms with Gasteiger partial charge in [0.2, 0.25) is 0 Å². The van der Waals surface area contributed by atoms with E-state index in [-0.39, 0.29) is 0 Å². The summed E-state index contributed by atoms with van der Waals surface area (Å²) in [6.45, 7) is 1.86. The lowest BCUT2D eigenvalue weighted by molar-refractivity contribution is 0.182. The van der Waals surface area contributed by atoms with E-state index in [9.17, 15) is 0 Å². The fourth-order valence-corrected chi connectivity index (χ4v) is 0.827. The van der Waals surface area contributed by atoms with Gasteiger partial charge in [-0.1, -0.05) is 0 Å². The van der Waals surface area contributed by atoms with Gasteiger partial charge >= 0.3 is 0 Å². The topological polar surface area (TPSA) is 51.4 Å². The Kier molecular flexibility index (Phi) is 2.50. The zero-order valence-corrected chi connectivity index (χ0v) is 7.53. The summed E-state index contributed by atoms with van der Waals surface area (Å²) in [5, 5.41) is 1.58. The van der Waals surface area contributed by atoms with E-state index in [4.69, 9.17) is 10.6 Å². The van der Waals surface area contributed by atoms with Crippen LogP contribution in [0.1, 0.15) is 5.69 Å². The number of nitrogen functional groups attached to an aromatic ring is 1. The van der Waals surface area contributed by atoms with Gasteiger partial charge in [-0.3, -0.25) is 4.84 Å². The maximum Gasteiger partial charge on any atom is 0.152 e. The van der Waals surface area contributed by atoms with Crippen LogP contribution in [0.5, 0.6) is 0 Å². The first-order chi connectivity index (χ1) is 5.65. The molecule has 1 aromatic heterocycles. The first-order valence-electron chi connectivity index (χ1n) is 3.66. The Bertz CT molecular complexity index is 275. The van der Waals surface area contributed by atoms with Crippen LogP contribution in [-0.4, -0.2) is 19.1 Å². The number of hydroxylamine groups is 1. The lowest BCUT2D eigenvalue weighted by atomic mass is 10.3. The molecule has 0 aliphatic heterocycles. The molecule has 0 aliphatic carbocycles. The molecule has 0 aliphatic rings. The van der Waals surface area contributed by atoms with Crippen molar-refractivity contribution in [3.63, 3.8) is 0 Å². The number of rotatable bonds is 2. The minimum absolute atomic E-state index is 0.697. The monoisotopic (exact) mass is 167 g/mol. The van der Waals surface area contributed by atoms with Crippen LogP contribution in [0.4, 0.5) is 11.5 Å². The van der Waals surface area contributed by atoms with Gasteiger partial charge in [-0.05, 0) is 19.1 Å². The first kappa shape index (κ1) is 8.80. The molecule has 12 heavy (non-hydrogen) atoms. The van der Waals surface area contributed by atoms with E-state index >= 15 is 0 Å². The lowest BCUT2D eigenvalue weighted by Crippen LogP contribution is -2.16. The Morgan fingerprint density at radius 2 is 2.17 bits per heavy atom. The SMILES string of the molecule is CON(C)c1ccc(N)c(C)n1. The number of hydrogen-bond donors (Lipinski definition) is 1. The fourth-order valence-electron chi connectivity index (χ4n) is 0.827. The van der Waals surface area contributed by atoms with Gasteiger partial charge in [0.15, 0.2) is 5.82 Å². The maximum atomic E-state index is 5.61. The van der Waals surface area contributed by atoms with Crippen LogP contribution >= 0.6 is 0 Å². The summed E-state index contributed by atoms with van der Waals surface area (Å²) in [6, 6.07) is 3.62. The molecular formula is C8H13N3O. The molecule has 0 saturated carbocycles. The van der Waals surface area contributed by atoms with Crippen LogP contribution < -0.4 is 10.8 Å². The molecule has 0 fully saturated rings. The van der Waals surface area contributed by atoms with Gasteiger partial charge in [0.25, 0.3) is 0 Å². The molecular weight excluding hydrogens is 154 g/mol. The second-order valence-electron chi connectivity index (χ2n) is 2.52. The van der Waals surface area contributed by atoms with E-state index < -0.39 is 0 Å². The Hall–Kier alpha value is -1.29. The average Bonchev–Trinajstić information content (AvgIpc) is 2.08. The highest BCUT2D eigenvalue weighted by Gasteiger charge is 2.01. The summed E-state index contributed by atoms with van der Waals surface area (Å²) in [6.07, 6.45) is 0. The molecule has 66 valence electrons. The number of aryl methyl sites for hydroxylation is 1. The quantitative estimate of drug-likeness (QED) is 0.667. The van der Waals surface area contributed by atoms with E-state index in [2.05, 4.69) is 4.98 Å². The summed E-state index contributed by atoms with van der Waals surface area (Å²) in [5.74, 6) is 0.754. The van der Waals surface area contributed by atoms with E-state index in [1.165, 1.54) is 0 Å². The molecule has 0 bridgehead atoms. The van der Waals surface area contributed by atoms with Gasteiger partial charge in [-0.15, -0.1) is 0 Å². The van der Waals surface area contributed by atoms with Crippen LogP contribution in [-0.2, 0) is 4.84 Å². The van der Waals surface area contributed by atoms with Gasteiger partial charge in [0.1, 0.15) is 0 Å². The molecule has 4 nitrogen and oxygen atoms in total. The highest BCUT2D eigenvalue weighted by molar-refractivity contribution is 5.48. The van der Waals surface area contributed by atoms with Gasteiger partial charge < -0.3 is 5.73 Å². The summed E-state index contributed by atoms with van der Waals surface area (Å²) in [5.41, 5.74) is 7.12. The molecule has 0 amide bonds. The largest absolute Gasteiger partial charge is 0.397 e. The summed E-state index contributed by atoms with van der Waals surface area (Å²) in [4.78, 5) is 9.18. The van der Waals surface area contributed by atoms with Crippen molar-refractivity contribution in [3.8, 4) is 0 Å².